The first kappa shape index (κ1) is 26.9. The Kier molecular flexibility index (Phi) is 7.67. The molecule has 2 saturated heterocycles. The van der Waals surface area contributed by atoms with Crippen LogP contribution in [-0.2, 0) is 0 Å². The molecule has 1 amide bonds. The second-order valence-electron chi connectivity index (χ2n) is 11.9. The molecule has 2 aliphatic heterocycles. The first-order valence-electron chi connectivity index (χ1n) is 15.3. The summed E-state index contributed by atoms with van der Waals surface area (Å²) in [5, 5.41) is 10.4. The molecule has 2 aromatic heterocycles. The molecule has 216 valence electrons. The van der Waals surface area contributed by atoms with Crippen LogP contribution in [0, 0.1) is 5.92 Å². The second kappa shape index (κ2) is 11.7. The fraction of sp³-hybridized carbons (Fsp3) is 0.500. The molecular weight excluding hydrogens is 535 g/mol. The van der Waals surface area contributed by atoms with E-state index < -0.39 is 6.17 Å². The highest BCUT2D eigenvalue weighted by molar-refractivity contribution is 7.23. The molecule has 3 N–H and O–H groups in total. The van der Waals surface area contributed by atoms with E-state index in [1.165, 1.54) is 31.2 Å². The Morgan fingerprint density at radius 2 is 1.90 bits per heavy atom. The molecule has 7 rings (SSSR count). The maximum atomic E-state index is 13.4. The van der Waals surface area contributed by atoms with Crippen LogP contribution in [0.1, 0.15) is 66.9 Å². The Labute approximate surface area is 244 Å². The number of anilines is 1. The number of imidazole rings is 1. The minimum absolute atomic E-state index is 0.0509. The maximum Gasteiger partial charge on any atom is 0.251 e. The van der Waals surface area contributed by atoms with Crippen molar-refractivity contribution in [2.24, 2.45) is 5.92 Å². The van der Waals surface area contributed by atoms with E-state index in [4.69, 9.17) is 4.98 Å². The number of hydrogen-bond acceptors (Lipinski definition) is 6. The number of fused-ring (bicyclic) bond motifs is 3. The minimum atomic E-state index is -0.650. The Hall–Kier alpha value is -3.01. The number of carbonyl (C=O) groups is 1. The molecule has 1 atom stereocenters. The zero-order valence-corrected chi connectivity index (χ0v) is 24.3. The number of nitrogens with one attached hydrogen (secondary N) is 3. The SMILES string of the molecule is O=C(NCCCN1CCC(F)CC1)c1ccc2c(c1)sc1nc(-c3ccc([C@@H]4CCCN4)cc3)c(NCC3CC3)n12. The third-order valence-electron chi connectivity index (χ3n) is 8.87. The number of carbonyl (C=O) groups excluding carboxylic acids is 1. The molecule has 0 radical (unpaired) electrons. The Balaban J connectivity index is 1.09. The van der Waals surface area contributed by atoms with Crippen LogP contribution in [-0.4, -0.2) is 65.6 Å². The molecule has 9 heteroatoms. The van der Waals surface area contributed by atoms with Gasteiger partial charge in [-0.25, -0.2) is 9.37 Å². The zero-order valence-electron chi connectivity index (χ0n) is 23.5. The number of amides is 1. The fourth-order valence-corrected chi connectivity index (χ4v) is 7.28. The number of piperidine rings is 1. The van der Waals surface area contributed by atoms with Crippen molar-refractivity contribution in [2.45, 2.75) is 57.2 Å². The molecule has 0 unspecified atom stereocenters. The highest BCUT2D eigenvalue weighted by Gasteiger charge is 2.25. The van der Waals surface area contributed by atoms with Crippen molar-refractivity contribution < 1.29 is 9.18 Å². The van der Waals surface area contributed by atoms with Gasteiger partial charge in [0.1, 0.15) is 17.7 Å². The van der Waals surface area contributed by atoms with Crippen LogP contribution >= 0.6 is 11.3 Å². The summed E-state index contributed by atoms with van der Waals surface area (Å²) in [4.78, 5) is 21.3. The molecule has 0 bridgehead atoms. The highest BCUT2D eigenvalue weighted by Crippen LogP contribution is 2.38. The van der Waals surface area contributed by atoms with Gasteiger partial charge in [-0.05, 0) is 87.7 Å². The lowest BCUT2D eigenvalue weighted by Crippen LogP contribution is -2.36. The number of likely N-dealkylation sites (tertiary alicyclic amines) is 1. The van der Waals surface area contributed by atoms with Gasteiger partial charge in [-0.3, -0.25) is 9.20 Å². The summed E-state index contributed by atoms with van der Waals surface area (Å²) in [5.41, 5.74) is 5.20. The highest BCUT2D eigenvalue weighted by atomic mass is 32.1. The molecule has 1 aliphatic carbocycles. The normalized spacial score (nSPS) is 20.3. The summed E-state index contributed by atoms with van der Waals surface area (Å²) in [7, 11) is 0. The van der Waals surface area contributed by atoms with E-state index >= 15 is 0 Å². The maximum absolute atomic E-state index is 13.4. The van der Waals surface area contributed by atoms with Crippen LogP contribution < -0.4 is 16.0 Å². The molecule has 1 saturated carbocycles. The second-order valence-corrected chi connectivity index (χ2v) is 12.9. The van der Waals surface area contributed by atoms with E-state index in [2.05, 4.69) is 55.6 Å². The van der Waals surface area contributed by atoms with Gasteiger partial charge >= 0.3 is 0 Å². The van der Waals surface area contributed by atoms with Crippen LogP contribution in [0.15, 0.2) is 42.5 Å². The van der Waals surface area contributed by atoms with E-state index in [-0.39, 0.29) is 5.91 Å². The number of alkyl halides is 1. The number of halogens is 1. The van der Waals surface area contributed by atoms with Crippen LogP contribution in [0.5, 0.6) is 0 Å². The Morgan fingerprint density at radius 1 is 1.07 bits per heavy atom. The predicted octanol–water partition coefficient (Wildman–Crippen LogP) is 6.02. The number of benzene rings is 2. The van der Waals surface area contributed by atoms with Gasteiger partial charge in [0, 0.05) is 43.3 Å². The van der Waals surface area contributed by atoms with Gasteiger partial charge in [-0.15, -0.1) is 0 Å². The number of thiazole rings is 1. The number of hydrogen-bond donors (Lipinski definition) is 3. The molecule has 41 heavy (non-hydrogen) atoms. The lowest BCUT2D eigenvalue weighted by Gasteiger charge is -2.28. The van der Waals surface area contributed by atoms with Crippen LogP contribution in [0.25, 0.3) is 26.4 Å². The summed E-state index contributed by atoms with van der Waals surface area (Å²) in [5.74, 6) is 1.73. The monoisotopic (exact) mass is 574 g/mol. The topological polar surface area (TPSA) is 73.7 Å². The van der Waals surface area contributed by atoms with Crippen molar-refractivity contribution in [1.82, 2.24) is 24.9 Å². The van der Waals surface area contributed by atoms with Crippen molar-refractivity contribution in [3.63, 3.8) is 0 Å². The number of rotatable bonds is 10. The molecule has 3 fully saturated rings. The fourth-order valence-electron chi connectivity index (χ4n) is 6.21. The van der Waals surface area contributed by atoms with E-state index in [9.17, 15) is 9.18 Å². The first-order valence-corrected chi connectivity index (χ1v) is 16.1. The molecular formula is C32H39FN6OS. The van der Waals surface area contributed by atoms with Crippen molar-refractivity contribution in [3.8, 4) is 11.3 Å². The minimum Gasteiger partial charge on any atom is -0.369 e. The van der Waals surface area contributed by atoms with E-state index in [0.717, 1.165) is 77.3 Å². The largest absolute Gasteiger partial charge is 0.369 e. The van der Waals surface area contributed by atoms with E-state index in [1.54, 1.807) is 11.3 Å². The van der Waals surface area contributed by atoms with Gasteiger partial charge in [0.25, 0.3) is 5.91 Å². The van der Waals surface area contributed by atoms with Gasteiger partial charge in [0.2, 0.25) is 0 Å². The predicted molar refractivity (Wildman–Crippen MR) is 165 cm³/mol. The Bertz CT molecular complexity index is 1510. The lowest BCUT2D eigenvalue weighted by molar-refractivity contribution is 0.0950. The average molecular weight is 575 g/mol. The summed E-state index contributed by atoms with van der Waals surface area (Å²) in [6, 6.07) is 15.3. The Morgan fingerprint density at radius 3 is 2.66 bits per heavy atom. The molecule has 4 heterocycles. The van der Waals surface area contributed by atoms with Crippen LogP contribution in [0.4, 0.5) is 10.2 Å². The van der Waals surface area contributed by atoms with Crippen molar-refractivity contribution in [2.75, 3.05) is 44.6 Å². The summed E-state index contributed by atoms with van der Waals surface area (Å²) in [6.45, 7) is 5.19. The summed E-state index contributed by atoms with van der Waals surface area (Å²) in [6.07, 6.45) is 6.47. The van der Waals surface area contributed by atoms with Gasteiger partial charge < -0.3 is 20.9 Å². The standard InChI is InChI=1S/C32H39FN6OS/c33-25-12-17-38(18-13-25)16-2-15-35-31(40)24-10-11-27-28(19-24)41-32-37-29(30(39(27)32)36-20-21-4-5-21)23-8-6-22(7-9-23)26-3-1-14-34-26/h6-11,19,21,25-26,34,36H,1-5,12-18,20H2,(H,35,40)/t26-/m0/s1. The van der Waals surface area contributed by atoms with Crippen molar-refractivity contribution in [1.29, 1.82) is 0 Å². The molecule has 7 nitrogen and oxygen atoms in total. The van der Waals surface area contributed by atoms with Crippen molar-refractivity contribution in [3.05, 3.63) is 53.6 Å². The van der Waals surface area contributed by atoms with E-state index in [0.29, 0.717) is 31.0 Å². The van der Waals surface area contributed by atoms with Crippen molar-refractivity contribution >= 4 is 38.2 Å². The molecule has 0 spiro atoms. The van der Waals surface area contributed by atoms with Crippen LogP contribution in [0.3, 0.4) is 0 Å². The third-order valence-corrected chi connectivity index (χ3v) is 9.87. The number of nitrogens with zero attached hydrogens (tertiary/aromatic N) is 3. The smallest absolute Gasteiger partial charge is 0.251 e. The molecule has 3 aliphatic rings. The third kappa shape index (κ3) is 5.85. The first-order chi connectivity index (χ1) is 20.1. The van der Waals surface area contributed by atoms with Gasteiger partial charge in [0.15, 0.2) is 4.96 Å². The summed E-state index contributed by atoms with van der Waals surface area (Å²) >= 11 is 1.63. The van der Waals surface area contributed by atoms with Crippen LogP contribution in [0.2, 0.25) is 0 Å². The molecule has 2 aromatic carbocycles. The number of aromatic nitrogens is 2. The van der Waals surface area contributed by atoms with E-state index in [1.807, 2.05) is 12.1 Å². The zero-order chi connectivity index (χ0) is 27.8. The quantitative estimate of drug-likeness (QED) is 0.202. The summed E-state index contributed by atoms with van der Waals surface area (Å²) < 4.78 is 16.6. The van der Waals surface area contributed by atoms with Gasteiger partial charge in [0.05, 0.1) is 10.2 Å². The lowest BCUT2D eigenvalue weighted by atomic mass is 10.0. The molecule has 4 aromatic rings. The van der Waals surface area contributed by atoms with Gasteiger partial charge in [-0.1, -0.05) is 35.6 Å². The van der Waals surface area contributed by atoms with Gasteiger partial charge in [-0.2, -0.15) is 0 Å². The average Bonchev–Trinajstić information content (AvgIpc) is 3.37.